The molecule has 0 aromatic heterocycles. The van der Waals surface area contributed by atoms with Crippen LogP contribution in [0.3, 0.4) is 0 Å². The van der Waals surface area contributed by atoms with Crippen molar-refractivity contribution in [2.24, 2.45) is 17.3 Å². The summed E-state index contributed by atoms with van der Waals surface area (Å²) in [5, 5.41) is 0. The third kappa shape index (κ3) is 0.910. The van der Waals surface area contributed by atoms with E-state index in [1.807, 2.05) is 0 Å². The first-order valence-corrected chi connectivity index (χ1v) is 6.24. The molecule has 1 nitrogen and oxygen atoms in total. The molecule has 3 aliphatic rings. The van der Waals surface area contributed by atoms with E-state index >= 15 is 0 Å². The highest BCUT2D eigenvalue weighted by Gasteiger charge is 2.64. The second-order valence-corrected chi connectivity index (χ2v) is 5.38. The molecule has 2 fully saturated rings. The van der Waals surface area contributed by atoms with E-state index in [1.54, 1.807) is 0 Å². The predicted molar refractivity (Wildman–Crippen MR) is 63.2 cm³/mol. The summed E-state index contributed by atoms with van der Waals surface area (Å²) in [7, 11) is 0. The van der Waals surface area contributed by atoms with Gasteiger partial charge in [0.25, 0.3) is 0 Å². The number of rotatable bonds is 1. The van der Waals surface area contributed by atoms with E-state index in [0.29, 0.717) is 5.41 Å². The first-order valence-electron chi connectivity index (χ1n) is 6.24. The second kappa shape index (κ2) is 2.98. The molecule has 0 radical (unpaired) electrons. The zero-order chi connectivity index (χ0) is 10.6. The van der Waals surface area contributed by atoms with Crippen LogP contribution in [0.5, 0.6) is 0 Å². The lowest BCUT2D eigenvalue weighted by atomic mass is 9.39. The molecule has 0 bridgehead atoms. The molecule has 1 heteroatoms. The summed E-state index contributed by atoms with van der Waals surface area (Å²) in [5.74, 6) is 2.34. The number of allylic oxidation sites excluding steroid dienone is 1. The van der Waals surface area contributed by atoms with Crippen molar-refractivity contribution in [1.29, 1.82) is 0 Å². The standard InChI is InChI=1S/C15H16O/c1-2-4-11(5-3-1)14-12-6-8-15(12)10-16-9-7-13(14)15/h1-6,8,12-14H,7,9-10H2/t12-,13-,14+,15+/m0/s1. The van der Waals surface area contributed by atoms with Crippen LogP contribution in [0.15, 0.2) is 42.5 Å². The van der Waals surface area contributed by atoms with E-state index < -0.39 is 0 Å². The van der Waals surface area contributed by atoms with E-state index in [1.165, 1.54) is 12.0 Å². The summed E-state index contributed by atoms with van der Waals surface area (Å²) < 4.78 is 5.66. The Morgan fingerprint density at radius 2 is 2.06 bits per heavy atom. The van der Waals surface area contributed by atoms with Crippen molar-refractivity contribution in [3.05, 3.63) is 48.0 Å². The van der Waals surface area contributed by atoms with E-state index in [4.69, 9.17) is 4.74 Å². The molecule has 16 heavy (non-hydrogen) atoms. The van der Waals surface area contributed by atoms with Gasteiger partial charge in [0.05, 0.1) is 6.61 Å². The summed E-state index contributed by atoms with van der Waals surface area (Å²) in [6, 6.07) is 11.0. The van der Waals surface area contributed by atoms with Crippen LogP contribution in [0.1, 0.15) is 17.9 Å². The molecule has 2 aliphatic carbocycles. The van der Waals surface area contributed by atoms with Crippen molar-refractivity contribution in [3.63, 3.8) is 0 Å². The van der Waals surface area contributed by atoms with Gasteiger partial charge in [0.2, 0.25) is 0 Å². The topological polar surface area (TPSA) is 9.23 Å². The summed E-state index contributed by atoms with van der Waals surface area (Å²) in [4.78, 5) is 0. The quantitative estimate of drug-likeness (QED) is 0.650. The number of hydrogen-bond donors (Lipinski definition) is 0. The molecule has 1 saturated carbocycles. The normalized spacial score (nSPS) is 43.9. The van der Waals surface area contributed by atoms with Crippen molar-refractivity contribution in [1.82, 2.24) is 0 Å². The van der Waals surface area contributed by atoms with Crippen LogP contribution in [0.4, 0.5) is 0 Å². The van der Waals surface area contributed by atoms with Crippen molar-refractivity contribution >= 4 is 0 Å². The van der Waals surface area contributed by atoms with Crippen LogP contribution < -0.4 is 0 Å². The molecule has 0 N–H and O–H groups in total. The van der Waals surface area contributed by atoms with Crippen LogP contribution >= 0.6 is 0 Å². The Kier molecular flexibility index (Phi) is 1.68. The average molecular weight is 212 g/mol. The van der Waals surface area contributed by atoms with Gasteiger partial charge in [-0.1, -0.05) is 42.5 Å². The van der Waals surface area contributed by atoms with E-state index in [0.717, 1.165) is 31.0 Å². The molecule has 4 rings (SSSR count). The highest BCUT2D eigenvalue weighted by atomic mass is 16.5. The maximum absolute atomic E-state index is 5.66. The van der Waals surface area contributed by atoms with Gasteiger partial charge in [-0.25, -0.2) is 0 Å². The van der Waals surface area contributed by atoms with Crippen LogP contribution in [0.25, 0.3) is 0 Å². The first kappa shape index (κ1) is 9.00. The zero-order valence-corrected chi connectivity index (χ0v) is 9.30. The largest absolute Gasteiger partial charge is 0.381 e. The van der Waals surface area contributed by atoms with Gasteiger partial charge in [0, 0.05) is 12.0 Å². The highest BCUT2D eigenvalue weighted by Crippen LogP contribution is 2.69. The molecule has 1 spiro atoms. The van der Waals surface area contributed by atoms with Gasteiger partial charge in [-0.05, 0) is 29.7 Å². The summed E-state index contributed by atoms with van der Waals surface area (Å²) >= 11 is 0. The molecule has 0 unspecified atom stereocenters. The molecule has 1 saturated heterocycles. The SMILES string of the molecule is C1=C[C@]23COCC[C@H]2[C@H](c2ccccc2)[C@H]13. The van der Waals surface area contributed by atoms with Gasteiger partial charge in [-0.2, -0.15) is 0 Å². The number of ether oxygens (including phenoxy) is 1. The third-order valence-electron chi connectivity index (χ3n) is 4.85. The van der Waals surface area contributed by atoms with Crippen molar-refractivity contribution in [3.8, 4) is 0 Å². The van der Waals surface area contributed by atoms with Gasteiger partial charge in [0.1, 0.15) is 0 Å². The smallest absolute Gasteiger partial charge is 0.0565 e. The monoisotopic (exact) mass is 212 g/mol. The molecule has 82 valence electrons. The second-order valence-electron chi connectivity index (χ2n) is 5.38. The molecule has 1 aromatic carbocycles. The Balaban J connectivity index is 1.70. The lowest BCUT2D eigenvalue weighted by molar-refractivity contribution is -0.146. The maximum Gasteiger partial charge on any atom is 0.0565 e. The lowest BCUT2D eigenvalue weighted by Gasteiger charge is -2.66. The Labute approximate surface area is 96.1 Å². The zero-order valence-electron chi connectivity index (χ0n) is 9.30. The molecule has 1 aliphatic heterocycles. The summed E-state index contributed by atoms with van der Waals surface area (Å²) in [5.41, 5.74) is 1.96. The fourth-order valence-corrected chi connectivity index (χ4v) is 4.02. The van der Waals surface area contributed by atoms with Gasteiger partial charge in [-0.15, -0.1) is 0 Å². The van der Waals surface area contributed by atoms with Gasteiger partial charge >= 0.3 is 0 Å². The number of benzene rings is 1. The fourth-order valence-electron chi connectivity index (χ4n) is 4.02. The van der Waals surface area contributed by atoms with E-state index in [2.05, 4.69) is 42.5 Å². The van der Waals surface area contributed by atoms with Gasteiger partial charge < -0.3 is 4.74 Å². The molecule has 1 heterocycles. The third-order valence-corrected chi connectivity index (χ3v) is 4.85. The van der Waals surface area contributed by atoms with E-state index in [-0.39, 0.29) is 0 Å². The Morgan fingerprint density at radius 3 is 2.81 bits per heavy atom. The lowest BCUT2D eigenvalue weighted by Crippen LogP contribution is -2.62. The van der Waals surface area contributed by atoms with Gasteiger partial charge in [-0.3, -0.25) is 0 Å². The molecule has 4 atom stereocenters. The Morgan fingerprint density at radius 1 is 1.19 bits per heavy atom. The first-order chi connectivity index (χ1) is 7.92. The van der Waals surface area contributed by atoms with Crippen LogP contribution in [-0.2, 0) is 4.74 Å². The fraction of sp³-hybridized carbons (Fsp3) is 0.467. The van der Waals surface area contributed by atoms with Crippen molar-refractivity contribution < 1.29 is 4.74 Å². The van der Waals surface area contributed by atoms with E-state index in [9.17, 15) is 0 Å². The Bertz CT molecular complexity index is 436. The predicted octanol–water partition coefficient (Wildman–Crippen LogP) is 2.99. The minimum absolute atomic E-state index is 0.429. The molecule has 1 aromatic rings. The molecular weight excluding hydrogens is 196 g/mol. The molecule has 0 amide bonds. The number of hydrogen-bond acceptors (Lipinski definition) is 1. The maximum atomic E-state index is 5.66. The Hall–Kier alpha value is -1.08. The summed E-state index contributed by atoms with van der Waals surface area (Å²) in [6.45, 7) is 1.92. The minimum atomic E-state index is 0.429. The van der Waals surface area contributed by atoms with Crippen molar-refractivity contribution in [2.75, 3.05) is 13.2 Å². The minimum Gasteiger partial charge on any atom is -0.381 e. The van der Waals surface area contributed by atoms with Crippen LogP contribution in [0, 0.1) is 17.3 Å². The molecular formula is C15H16O. The van der Waals surface area contributed by atoms with Crippen LogP contribution in [0.2, 0.25) is 0 Å². The average Bonchev–Trinajstić information content (AvgIpc) is 2.35. The van der Waals surface area contributed by atoms with Crippen LogP contribution in [-0.4, -0.2) is 13.2 Å². The highest BCUT2D eigenvalue weighted by molar-refractivity contribution is 5.40. The van der Waals surface area contributed by atoms with Gasteiger partial charge in [0.15, 0.2) is 0 Å². The summed E-state index contributed by atoms with van der Waals surface area (Å²) in [6.07, 6.45) is 6.03. The van der Waals surface area contributed by atoms with Crippen molar-refractivity contribution in [2.45, 2.75) is 12.3 Å².